The number of phenolic OH excluding ortho intramolecular Hbond substituents is 1. The lowest BCUT2D eigenvalue weighted by Gasteiger charge is -2.30. The molecule has 0 radical (unpaired) electrons. The van der Waals surface area contributed by atoms with Gasteiger partial charge in [-0.25, -0.2) is 4.99 Å². The van der Waals surface area contributed by atoms with Gasteiger partial charge in [-0.2, -0.15) is 0 Å². The smallest absolute Gasteiger partial charge is 0.191 e. The molecule has 0 heterocycles. The first kappa shape index (κ1) is 23.0. The van der Waals surface area contributed by atoms with Crippen LogP contribution in [0.5, 0.6) is 5.75 Å². The summed E-state index contributed by atoms with van der Waals surface area (Å²) in [5, 5.41) is 16.2. The highest BCUT2D eigenvalue weighted by molar-refractivity contribution is 14.0. The zero-order chi connectivity index (χ0) is 18.0. The van der Waals surface area contributed by atoms with E-state index in [-0.39, 0.29) is 29.7 Å². The molecule has 3 N–H and O–H groups in total. The van der Waals surface area contributed by atoms with Gasteiger partial charge in [0.2, 0.25) is 0 Å². The molecule has 0 amide bonds. The van der Waals surface area contributed by atoms with Crippen LogP contribution in [0.2, 0.25) is 0 Å². The average Bonchev–Trinajstić information content (AvgIpc) is 3.08. The summed E-state index contributed by atoms with van der Waals surface area (Å²) < 4.78 is 5.60. The van der Waals surface area contributed by atoms with Gasteiger partial charge in [0.05, 0.1) is 6.54 Å². The Morgan fingerprint density at radius 1 is 1.15 bits per heavy atom. The third-order valence-corrected chi connectivity index (χ3v) is 4.98. The fraction of sp³-hybridized carbons (Fsp3) is 0.650. The molecular formula is C20H34IN3O2. The first-order valence-electron chi connectivity index (χ1n) is 9.55. The van der Waals surface area contributed by atoms with Crippen molar-refractivity contribution in [1.82, 2.24) is 10.6 Å². The van der Waals surface area contributed by atoms with Gasteiger partial charge in [-0.3, -0.25) is 0 Å². The third-order valence-electron chi connectivity index (χ3n) is 4.98. The molecule has 1 aliphatic rings. The molecule has 0 unspecified atom stereocenters. The van der Waals surface area contributed by atoms with Gasteiger partial charge in [0.1, 0.15) is 5.75 Å². The molecule has 0 aromatic heterocycles. The van der Waals surface area contributed by atoms with Crippen LogP contribution in [0.4, 0.5) is 0 Å². The second-order valence-corrected chi connectivity index (χ2v) is 6.87. The molecule has 0 aliphatic heterocycles. The maximum Gasteiger partial charge on any atom is 0.191 e. The maximum atomic E-state index is 9.37. The number of hydrogen-bond acceptors (Lipinski definition) is 3. The standard InChI is InChI=1S/C20H33N3O2.HI/c1-3-21-19(22-15-17-7-9-18(24)10-8-17)23-16-20(11-5-6-12-20)13-14-25-4-2;/h7-10,24H,3-6,11-16H2,1-2H3,(H2,21,22,23);1H. The van der Waals surface area contributed by atoms with Crippen LogP contribution in [-0.2, 0) is 11.3 Å². The second kappa shape index (κ2) is 12.4. The molecule has 1 aliphatic carbocycles. The van der Waals surface area contributed by atoms with Crippen molar-refractivity contribution in [3.8, 4) is 5.75 Å². The number of rotatable bonds is 9. The number of phenols is 1. The fourth-order valence-electron chi connectivity index (χ4n) is 3.46. The molecule has 1 aromatic rings. The van der Waals surface area contributed by atoms with E-state index < -0.39 is 0 Å². The summed E-state index contributed by atoms with van der Waals surface area (Å²) in [4.78, 5) is 4.68. The first-order chi connectivity index (χ1) is 12.2. The van der Waals surface area contributed by atoms with E-state index in [0.717, 1.165) is 44.2 Å². The SMILES string of the molecule is CCNC(=NCc1ccc(O)cc1)NCC1(CCOCC)CCCC1.I. The molecular weight excluding hydrogens is 441 g/mol. The Morgan fingerprint density at radius 2 is 1.85 bits per heavy atom. The van der Waals surface area contributed by atoms with Crippen molar-refractivity contribution in [2.45, 2.75) is 52.5 Å². The van der Waals surface area contributed by atoms with Crippen molar-refractivity contribution in [3.05, 3.63) is 29.8 Å². The van der Waals surface area contributed by atoms with Gasteiger partial charge < -0.3 is 20.5 Å². The molecule has 6 heteroatoms. The number of aliphatic imine (C=N–C) groups is 1. The molecule has 148 valence electrons. The summed E-state index contributed by atoms with van der Waals surface area (Å²) in [7, 11) is 0. The van der Waals surface area contributed by atoms with E-state index in [9.17, 15) is 5.11 Å². The third kappa shape index (κ3) is 7.70. The minimum absolute atomic E-state index is 0. The number of aromatic hydroxyl groups is 1. The second-order valence-electron chi connectivity index (χ2n) is 6.87. The Bertz CT molecular complexity index is 528. The highest BCUT2D eigenvalue weighted by atomic mass is 127. The maximum absolute atomic E-state index is 9.37. The zero-order valence-corrected chi connectivity index (χ0v) is 18.4. The van der Waals surface area contributed by atoms with Crippen LogP contribution in [0.1, 0.15) is 51.5 Å². The Kier molecular flexibility index (Phi) is 11.0. The molecule has 0 spiro atoms. The Labute approximate surface area is 175 Å². The van der Waals surface area contributed by atoms with Crippen LogP contribution >= 0.6 is 24.0 Å². The summed E-state index contributed by atoms with van der Waals surface area (Å²) in [6.07, 6.45) is 6.28. The van der Waals surface area contributed by atoms with E-state index in [2.05, 4.69) is 29.5 Å². The van der Waals surface area contributed by atoms with E-state index in [4.69, 9.17) is 4.74 Å². The number of nitrogens with one attached hydrogen (secondary N) is 2. The number of guanidine groups is 1. The largest absolute Gasteiger partial charge is 0.508 e. The summed E-state index contributed by atoms with van der Waals surface area (Å²) in [5.41, 5.74) is 1.42. The highest BCUT2D eigenvalue weighted by Crippen LogP contribution is 2.40. The molecule has 1 saturated carbocycles. The van der Waals surface area contributed by atoms with Crippen molar-refractivity contribution in [3.63, 3.8) is 0 Å². The normalized spacial score (nSPS) is 16.2. The van der Waals surface area contributed by atoms with E-state index in [0.29, 0.717) is 12.0 Å². The molecule has 0 saturated heterocycles. The van der Waals surface area contributed by atoms with Crippen molar-refractivity contribution in [2.24, 2.45) is 10.4 Å². The van der Waals surface area contributed by atoms with Gasteiger partial charge in [0.25, 0.3) is 0 Å². The fourth-order valence-corrected chi connectivity index (χ4v) is 3.46. The van der Waals surface area contributed by atoms with Crippen LogP contribution < -0.4 is 10.6 Å². The van der Waals surface area contributed by atoms with Crippen LogP contribution in [0.15, 0.2) is 29.3 Å². The number of benzene rings is 1. The van der Waals surface area contributed by atoms with Gasteiger partial charge in [-0.1, -0.05) is 25.0 Å². The molecule has 1 fully saturated rings. The molecule has 5 nitrogen and oxygen atoms in total. The molecule has 0 atom stereocenters. The number of hydrogen-bond donors (Lipinski definition) is 3. The summed E-state index contributed by atoms with van der Waals surface area (Å²) in [6, 6.07) is 7.21. The Balaban J connectivity index is 0.00000338. The van der Waals surface area contributed by atoms with E-state index >= 15 is 0 Å². The number of halogens is 1. The lowest BCUT2D eigenvalue weighted by Crippen LogP contribution is -2.43. The number of ether oxygens (including phenoxy) is 1. The molecule has 0 bridgehead atoms. The topological polar surface area (TPSA) is 65.9 Å². The monoisotopic (exact) mass is 475 g/mol. The molecule has 2 rings (SSSR count). The lowest BCUT2D eigenvalue weighted by atomic mass is 9.83. The van der Waals surface area contributed by atoms with Gasteiger partial charge in [-0.15, -0.1) is 24.0 Å². The molecule has 1 aromatic carbocycles. The van der Waals surface area contributed by atoms with E-state index in [1.54, 1.807) is 12.1 Å². The number of nitrogens with zero attached hydrogens (tertiary/aromatic N) is 1. The van der Waals surface area contributed by atoms with E-state index in [1.165, 1.54) is 25.7 Å². The first-order valence-corrected chi connectivity index (χ1v) is 9.55. The lowest BCUT2D eigenvalue weighted by molar-refractivity contribution is 0.105. The van der Waals surface area contributed by atoms with Gasteiger partial charge in [-0.05, 0) is 56.2 Å². The predicted octanol–water partition coefficient (Wildman–Crippen LogP) is 4.05. The summed E-state index contributed by atoms with van der Waals surface area (Å²) >= 11 is 0. The Morgan fingerprint density at radius 3 is 2.46 bits per heavy atom. The van der Waals surface area contributed by atoms with Crippen LogP contribution in [-0.4, -0.2) is 37.4 Å². The minimum atomic E-state index is 0. The van der Waals surface area contributed by atoms with Gasteiger partial charge in [0.15, 0.2) is 5.96 Å². The highest BCUT2D eigenvalue weighted by Gasteiger charge is 2.33. The Hall–Kier alpha value is -1.02. The van der Waals surface area contributed by atoms with Gasteiger partial charge in [0, 0.05) is 26.3 Å². The zero-order valence-electron chi connectivity index (χ0n) is 16.1. The minimum Gasteiger partial charge on any atom is -0.508 e. The van der Waals surface area contributed by atoms with Crippen LogP contribution in [0.25, 0.3) is 0 Å². The van der Waals surface area contributed by atoms with Crippen molar-refractivity contribution < 1.29 is 9.84 Å². The van der Waals surface area contributed by atoms with Crippen molar-refractivity contribution in [1.29, 1.82) is 0 Å². The summed E-state index contributed by atoms with van der Waals surface area (Å²) in [5.74, 6) is 1.15. The average molecular weight is 475 g/mol. The van der Waals surface area contributed by atoms with E-state index in [1.807, 2.05) is 12.1 Å². The van der Waals surface area contributed by atoms with Crippen molar-refractivity contribution in [2.75, 3.05) is 26.3 Å². The van der Waals surface area contributed by atoms with Crippen molar-refractivity contribution >= 4 is 29.9 Å². The quantitative estimate of drug-likeness (QED) is 0.218. The molecule has 26 heavy (non-hydrogen) atoms. The van der Waals surface area contributed by atoms with Crippen LogP contribution in [0.3, 0.4) is 0 Å². The van der Waals surface area contributed by atoms with Crippen LogP contribution in [0, 0.1) is 5.41 Å². The van der Waals surface area contributed by atoms with Gasteiger partial charge >= 0.3 is 0 Å². The predicted molar refractivity (Wildman–Crippen MR) is 118 cm³/mol. The summed E-state index contributed by atoms with van der Waals surface area (Å²) in [6.45, 7) is 8.16.